The molecule has 0 aromatic carbocycles. The molecule has 0 spiro atoms. The van der Waals surface area contributed by atoms with E-state index in [9.17, 15) is 28.8 Å². The van der Waals surface area contributed by atoms with Crippen molar-refractivity contribution >= 4 is 36.1 Å². The zero-order valence-electron chi connectivity index (χ0n) is 27.6. The van der Waals surface area contributed by atoms with Crippen molar-refractivity contribution in [3.8, 4) is 0 Å². The monoisotopic (exact) mass is 702 g/mol. The number of carbonyl (C=O) groups is 6. The van der Waals surface area contributed by atoms with Crippen LogP contribution in [0.1, 0.15) is 6.92 Å². The van der Waals surface area contributed by atoms with Crippen molar-refractivity contribution in [2.24, 2.45) is 0 Å². The van der Waals surface area contributed by atoms with Crippen molar-refractivity contribution < 1.29 is 76.1 Å². The summed E-state index contributed by atoms with van der Waals surface area (Å²) in [6.07, 6.45) is -0.250. The molecule has 0 heterocycles. The first kappa shape index (κ1) is 44.2. The molecule has 49 heavy (non-hydrogen) atoms. The molecule has 0 rings (SSSR count). The first-order valence-corrected chi connectivity index (χ1v) is 14.9. The van der Waals surface area contributed by atoms with Gasteiger partial charge >= 0.3 is 36.1 Å². The van der Waals surface area contributed by atoms with E-state index in [1.54, 1.807) is 6.92 Å². The third-order valence-electron chi connectivity index (χ3n) is 5.23. The Hall–Kier alpha value is -4.78. The van der Waals surface area contributed by atoms with Crippen LogP contribution >= 0.6 is 0 Å². The summed E-state index contributed by atoms with van der Waals surface area (Å²) >= 11 is 0. The lowest BCUT2D eigenvalue weighted by Gasteiger charge is -2.22. The lowest BCUT2D eigenvalue weighted by molar-refractivity contribution is -0.150. The highest BCUT2D eigenvalue weighted by Crippen LogP contribution is 2.03. The molecule has 18 nitrogen and oxygen atoms in total. The summed E-state index contributed by atoms with van der Waals surface area (Å²) in [6.45, 7) is 14.5. The van der Waals surface area contributed by atoms with Crippen molar-refractivity contribution in [1.29, 1.82) is 0 Å². The number of hydrogen-bond acceptors (Lipinski definition) is 16. The minimum Gasteiger partial charge on any atom is -0.460 e. The van der Waals surface area contributed by atoms with E-state index in [2.05, 4.69) is 36.9 Å². The van der Waals surface area contributed by atoms with E-state index in [1.165, 1.54) is 0 Å². The van der Waals surface area contributed by atoms with Gasteiger partial charge < -0.3 is 58.0 Å². The van der Waals surface area contributed by atoms with Crippen LogP contribution in [0.3, 0.4) is 0 Å². The summed E-state index contributed by atoms with van der Waals surface area (Å²) in [5.74, 6) is -2.65. The van der Waals surface area contributed by atoms with E-state index < -0.39 is 54.4 Å². The van der Waals surface area contributed by atoms with Crippen LogP contribution in [0, 0.1) is 0 Å². The fraction of sp³-hybridized carbons (Fsp3) is 0.548. The van der Waals surface area contributed by atoms with E-state index in [0.29, 0.717) is 0 Å². The van der Waals surface area contributed by atoms with E-state index in [0.717, 1.165) is 24.3 Å². The van der Waals surface area contributed by atoms with Crippen molar-refractivity contribution in [3.05, 3.63) is 50.6 Å². The quantitative estimate of drug-likeness (QED) is 0.0470. The molecule has 2 N–H and O–H groups in total. The van der Waals surface area contributed by atoms with Gasteiger partial charge in [-0.15, -0.1) is 0 Å². The molecule has 0 aliphatic rings. The molecule has 0 aromatic heterocycles. The molecule has 0 aliphatic heterocycles. The number of rotatable bonds is 29. The molecule has 0 bridgehead atoms. The summed E-state index contributed by atoms with van der Waals surface area (Å²) in [5, 5.41) is 4.91. The largest absolute Gasteiger partial charge is 0.460 e. The molecule has 3 unspecified atom stereocenters. The molecule has 0 saturated heterocycles. The summed E-state index contributed by atoms with van der Waals surface area (Å²) < 4.78 is 51.6. The normalized spacial score (nSPS) is 12.1. The molecule has 0 radical (unpaired) electrons. The molecule has 3 atom stereocenters. The van der Waals surface area contributed by atoms with Crippen LogP contribution in [0.5, 0.6) is 0 Å². The Labute approximate surface area is 284 Å². The van der Waals surface area contributed by atoms with Crippen LogP contribution in [0.15, 0.2) is 50.6 Å². The second kappa shape index (κ2) is 29.4. The Morgan fingerprint density at radius 3 is 1.55 bits per heavy atom. The molecule has 0 aromatic rings. The highest BCUT2D eigenvalue weighted by Gasteiger charge is 2.20. The first-order chi connectivity index (χ1) is 23.5. The number of nitrogens with one attached hydrogen (secondary N) is 2. The maximum Gasteiger partial charge on any atom is 0.407 e. The van der Waals surface area contributed by atoms with Crippen LogP contribution < -0.4 is 10.6 Å². The average Bonchev–Trinajstić information content (AvgIpc) is 3.09. The number of hydrogen-bond donors (Lipinski definition) is 2. The van der Waals surface area contributed by atoms with Crippen molar-refractivity contribution in [2.75, 3.05) is 85.8 Å². The standard InChI is InChI=1S/C31H46N2O16/c1-6-26(34)43-16-14-40-12-10-32-30(38)47-22-24(48-29(37)9-4)19-42-18-23(5)45-20-25(21-46-28(36)8-3)49-31(39)33-11-13-41-15-17-44-27(35)7-2/h6-9,23-25H,1-4,10-22H2,5H3,(H,32,38)(H,33,39). The number of ether oxygens (including phenoxy) is 10. The number of alkyl carbamates (subject to hydrolysis) is 2. The van der Waals surface area contributed by atoms with Gasteiger partial charge in [0.15, 0.2) is 12.2 Å². The number of esters is 4. The smallest absolute Gasteiger partial charge is 0.407 e. The molecule has 0 saturated carbocycles. The Kier molecular flexibility index (Phi) is 26.5. The summed E-state index contributed by atoms with van der Waals surface area (Å²) in [5.41, 5.74) is 0. The van der Waals surface area contributed by atoms with Crippen LogP contribution in [0.2, 0.25) is 0 Å². The zero-order chi connectivity index (χ0) is 36.7. The van der Waals surface area contributed by atoms with Crippen LogP contribution in [0.25, 0.3) is 0 Å². The Morgan fingerprint density at radius 1 is 0.510 bits per heavy atom. The van der Waals surface area contributed by atoms with Gasteiger partial charge in [0.2, 0.25) is 0 Å². The Morgan fingerprint density at radius 2 is 1.00 bits per heavy atom. The molecular weight excluding hydrogens is 656 g/mol. The average molecular weight is 703 g/mol. The fourth-order valence-electron chi connectivity index (χ4n) is 2.95. The first-order valence-electron chi connectivity index (χ1n) is 14.9. The molecular formula is C31H46N2O16. The lowest BCUT2D eigenvalue weighted by Crippen LogP contribution is -2.37. The number of carbonyl (C=O) groups excluding carboxylic acids is 6. The van der Waals surface area contributed by atoms with Crippen LogP contribution in [-0.4, -0.2) is 140 Å². The molecule has 0 fully saturated rings. The maximum absolute atomic E-state index is 12.2. The third kappa shape index (κ3) is 26.9. The second-order valence-electron chi connectivity index (χ2n) is 9.23. The fourth-order valence-corrected chi connectivity index (χ4v) is 2.95. The zero-order valence-corrected chi connectivity index (χ0v) is 27.6. The number of amides is 2. The Balaban J connectivity index is 4.58. The van der Waals surface area contributed by atoms with Crippen molar-refractivity contribution in [2.45, 2.75) is 25.2 Å². The highest BCUT2D eigenvalue weighted by molar-refractivity contribution is 5.82. The van der Waals surface area contributed by atoms with Gasteiger partial charge in [0.1, 0.15) is 26.4 Å². The van der Waals surface area contributed by atoms with E-state index in [4.69, 9.17) is 47.4 Å². The molecule has 276 valence electrons. The van der Waals surface area contributed by atoms with E-state index in [1.807, 2.05) is 0 Å². The van der Waals surface area contributed by atoms with Crippen molar-refractivity contribution in [3.63, 3.8) is 0 Å². The van der Waals surface area contributed by atoms with Crippen LogP contribution in [-0.2, 0) is 66.5 Å². The van der Waals surface area contributed by atoms with E-state index >= 15 is 0 Å². The minimum atomic E-state index is -1.00. The Bertz CT molecular complexity index is 1070. The third-order valence-corrected chi connectivity index (χ3v) is 5.23. The predicted octanol–water partition coefficient (Wildman–Crippen LogP) is 0.548. The van der Waals surface area contributed by atoms with Gasteiger partial charge in [-0.1, -0.05) is 26.3 Å². The lowest BCUT2D eigenvalue weighted by atomic mass is 10.3. The van der Waals surface area contributed by atoms with Gasteiger partial charge in [-0.2, -0.15) is 0 Å². The molecule has 18 heteroatoms. The predicted molar refractivity (Wildman–Crippen MR) is 169 cm³/mol. The topological polar surface area (TPSA) is 219 Å². The van der Waals surface area contributed by atoms with Gasteiger partial charge in [-0.25, -0.2) is 28.8 Å². The molecule has 0 aliphatic carbocycles. The second-order valence-corrected chi connectivity index (χ2v) is 9.23. The van der Waals surface area contributed by atoms with E-state index in [-0.39, 0.29) is 85.8 Å². The summed E-state index contributed by atoms with van der Waals surface area (Å²) in [4.78, 5) is 69.4. The highest BCUT2D eigenvalue weighted by atomic mass is 16.6. The van der Waals surface area contributed by atoms with Gasteiger partial charge in [0.25, 0.3) is 0 Å². The SMILES string of the molecule is C=CC(=O)OCCOCCNC(=O)OCC(COCC(C)OCC(COC(=O)C=C)OC(=O)NCCOCCOC(=O)C=C)OC(=O)C=C. The summed E-state index contributed by atoms with van der Waals surface area (Å²) in [7, 11) is 0. The van der Waals surface area contributed by atoms with Gasteiger partial charge in [-0.3, -0.25) is 0 Å². The van der Waals surface area contributed by atoms with Gasteiger partial charge in [-0.05, 0) is 6.92 Å². The molecule has 2 amide bonds. The van der Waals surface area contributed by atoms with Gasteiger partial charge in [0.05, 0.1) is 52.4 Å². The van der Waals surface area contributed by atoms with Crippen LogP contribution in [0.4, 0.5) is 9.59 Å². The maximum atomic E-state index is 12.2. The van der Waals surface area contributed by atoms with Crippen molar-refractivity contribution in [1.82, 2.24) is 10.6 Å². The van der Waals surface area contributed by atoms with Gasteiger partial charge in [0, 0.05) is 37.4 Å². The minimum absolute atomic E-state index is 0.0153. The summed E-state index contributed by atoms with van der Waals surface area (Å²) in [6, 6.07) is 0.